The fourth-order valence-corrected chi connectivity index (χ4v) is 3.98. The van der Waals surface area contributed by atoms with E-state index in [9.17, 15) is 9.59 Å². The summed E-state index contributed by atoms with van der Waals surface area (Å²) in [6.45, 7) is 4.30. The Hall–Kier alpha value is -3.14. The lowest BCUT2D eigenvalue weighted by Crippen LogP contribution is -1.93. The third-order valence-electron chi connectivity index (χ3n) is 6.46. The zero-order chi connectivity index (χ0) is 32.6. The summed E-state index contributed by atoms with van der Waals surface area (Å²) in [5.74, 6) is -1.36. The lowest BCUT2D eigenvalue weighted by molar-refractivity contribution is -0.138. The van der Waals surface area contributed by atoms with Crippen molar-refractivity contribution in [1.82, 2.24) is 0 Å². The molecule has 0 atom stereocenters. The van der Waals surface area contributed by atoms with Crippen LogP contribution in [0.4, 0.5) is 0 Å². The van der Waals surface area contributed by atoms with Crippen molar-refractivity contribution in [2.24, 2.45) is 0 Å². The molecule has 0 aliphatic heterocycles. The van der Waals surface area contributed by atoms with Crippen molar-refractivity contribution < 1.29 is 19.8 Å². The smallest absolute Gasteiger partial charge is 0.303 e. The van der Waals surface area contributed by atoms with Crippen molar-refractivity contribution in [2.45, 2.75) is 142 Å². The number of aliphatic carboxylic acids is 2. The van der Waals surface area contributed by atoms with Crippen LogP contribution in [0.25, 0.3) is 0 Å². The van der Waals surface area contributed by atoms with Crippen molar-refractivity contribution in [3.8, 4) is 0 Å². The molecule has 0 spiro atoms. The predicted molar refractivity (Wildman–Crippen MR) is 192 cm³/mol. The minimum atomic E-state index is -0.682. The Morgan fingerprint density at radius 3 is 0.886 bits per heavy atom. The van der Waals surface area contributed by atoms with Crippen molar-refractivity contribution >= 4 is 11.9 Å². The van der Waals surface area contributed by atoms with Crippen LogP contribution in [0.5, 0.6) is 0 Å². The Morgan fingerprint density at radius 1 is 0.364 bits per heavy atom. The van der Waals surface area contributed by atoms with Gasteiger partial charge >= 0.3 is 11.9 Å². The summed E-state index contributed by atoms with van der Waals surface area (Å²) in [6.07, 6.45) is 54.7. The molecule has 0 fully saturated rings. The maximum absolute atomic E-state index is 10.3. The van der Waals surface area contributed by atoms with E-state index in [0.717, 1.165) is 116 Å². The molecule has 4 heteroatoms. The van der Waals surface area contributed by atoms with Gasteiger partial charge in [-0.05, 0) is 89.9 Å². The molecular weight excluding hydrogens is 544 g/mol. The molecule has 0 aromatic heterocycles. The standard InChI is InChI=1S/2C20H32O2/c2*1-2-3-4-5-6-7-8-9-10-11-12-13-14-15-16-17-18-19-20(21)22/h2*3-4,6-7,9-10,12-13H,2,5,8,11,14-19H2,1H3,(H,21,22). The molecule has 0 bridgehead atoms. The van der Waals surface area contributed by atoms with E-state index in [4.69, 9.17) is 10.2 Å². The zero-order valence-electron chi connectivity index (χ0n) is 28.1. The number of hydrogen-bond acceptors (Lipinski definition) is 2. The number of hydrogen-bond donors (Lipinski definition) is 2. The molecule has 2 N–H and O–H groups in total. The quantitative estimate of drug-likeness (QED) is 0.0684. The maximum atomic E-state index is 10.3. The minimum Gasteiger partial charge on any atom is -0.481 e. The van der Waals surface area contributed by atoms with E-state index in [1.165, 1.54) is 0 Å². The van der Waals surface area contributed by atoms with Crippen molar-refractivity contribution in [3.63, 3.8) is 0 Å². The summed E-state index contributed by atoms with van der Waals surface area (Å²) in [5.41, 5.74) is 0. The fourth-order valence-electron chi connectivity index (χ4n) is 3.98. The van der Waals surface area contributed by atoms with Gasteiger partial charge in [0.1, 0.15) is 0 Å². The van der Waals surface area contributed by atoms with Crippen LogP contribution in [0.2, 0.25) is 0 Å². The van der Waals surface area contributed by atoms with Crippen LogP contribution in [0, 0.1) is 0 Å². The summed E-state index contributed by atoms with van der Waals surface area (Å²) in [4.78, 5) is 20.7. The van der Waals surface area contributed by atoms with Crippen LogP contribution >= 0.6 is 0 Å². The van der Waals surface area contributed by atoms with Gasteiger partial charge in [0.05, 0.1) is 0 Å². The van der Waals surface area contributed by atoms with Crippen LogP contribution in [0.3, 0.4) is 0 Å². The number of carboxylic acids is 2. The molecule has 0 amide bonds. The van der Waals surface area contributed by atoms with Gasteiger partial charge in [0.15, 0.2) is 0 Å². The second kappa shape index (κ2) is 39.9. The summed E-state index contributed by atoms with van der Waals surface area (Å²) >= 11 is 0. The van der Waals surface area contributed by atoms with Gasteiger partial charge in [0.25, 0.3) is 0 Å². The van der Waals surface area contributed by atoms with Gasteiger partial charge in [-0.3, -0.25) is 9.59 Å². The Kier molecular flexibility index (Phi) is 38.9. The third-order valence-corrected chi connectivity index (χ3v) is 6.46. The molecule has 44 heavy (non-hydrogen) atoms. The van der Waals surface area contributed by atoms with Crippen LogP contribution in [0.15, 0.2) is 97.2 Å². The van der Waals surface area contributed by atoms with Crippen LogP contribution < -0.4 is 0 Å². The summed E-state index contributed by atoms with van der Waals surface area (Å²) in [5, 5.41) is 17.0. The van der Waals surface area contributed by atoms with Crippen LogP contribution in [-0.4, -0.2) is 22.2 Å². The highest BCUT2D eigenvalue weighted by Crippen LogP contribution is 2.07. The number of unbranched alkanes of at least 4 members (excludes halogenated alkanes) is 8. The molecule has 0 aliphatic rings. The molecule has 0 rings (SSSR count). The Bertz CT molecular complexity index is 796. The van der Waals surface area contributed by atoms with Crippen molar-refractivity contribution in [1.29, 1.82) is 0 Å². The van der Waals surface area contributed by atoms with Crippen LogP contribution in [-0.2, 0) is 9.59 Å². The molecule has 0 unspecified atom stereocenters. The SMILES string of the molecule is CCC=CCC=CCC=CCC=CCCCCCCC(=O)O.CCC=CCC=CCC=CCC=CCCCCCCC(=O)O. The van der Waals surface area contributed by atoms with Gasteiger partial charge in [-0.1, -0.05) is 137 Å². The normalized spacial score (nSPS) is 12.4. The van der Waals surface area contributed by atoms with E-state index in [-0.39, 0.29) is 0 Å². The molecule has 0 aromatic rings. The molecule has 0 aromatic carbocycles. The minimum absolute atomic E-state index is 0.309. The van der Waals surface area contributed by atoms with Crippen molar-refractivity contribution in [2.75, 3.05) is 0 Å². The van der Waals surface area contributed by atoms with E-state index in [0.29, 0.717) is 12.8 Å². The summed E-state index contributed by atoms with van der Waals surface area (Å²) in [6, 6.07) is 0. The maximum Gasteiger partial charge on any atom is 0.303 e. The van der Waals surface area contributed by atoms with E-state index >= 15 is 0 Å². The lowest BCUT2D eigenvalue weighted by atomic mass is 10.1. The monoisotopic (exact) mass is 608 g/mol. The van der Waals surface area contributed by atoms with Crippen molar-refractivity contribution in [3.05, 3.63) is 97.2 Å². The lowest BCUT2D eigenvalue weighted by Gasteiger charge is -1.96. The van der Waals surface area contributed by atoms with Gasteiger partial charge in [0, 0.05) is 12.8 Å². The molecule has 0 radical (unpaired) electrons. The first-order valence-corrected chi connectivity index (χ1v) is 17.2. The first kappa shape index (κ1) is 43.0. The van der Waals surface area contributed by atoms with E-state index in [1.807, 2.05) is 0 Å². The van der Waals surface area contributed by atoms with E-state index in [2.05, 4.69) is 111 Å². The van der Waals surface area contributed by atoms with Gasteiger partial charge in [-0.2, -0.15) is 0 Å². The Balaban J connectivity index is 0. The van der Waals surface area contributed by atoms with Crippen LogP contribution in [0.1, 0.15) is 142 Å². The predicted octanol–water partition coefficient (Wildman–Crippen LogP) is 12.4. The average Bonchev–Trinajstić information content (AvgIpc) is 3.00. The fraction of sp³-hybridized carbons (Fsp3) is 0.550. The highest BCUT2D eigenvalue weighted by Gasteiger charge is 1.96. The molecule has 0 aliphatic carbocycles. The topological polar surface area (TPSA) is 74.6 Å². The van der Waals surface area contributed by atoms with Gasteiger partial charge < -0.3 is 10.2 Å². The first-order valence-electron chi connectivity index (χ1n) is 17.2. The first-order chi connectivity index (χ1) is 21.5. The van der Waals surface area contributed by atoms with Gasteiger partial charge in [-0.25, -0.2) is 0 Å². The Morgan fingerprint density at radius 2 is 0.614 bits per heavy atom. The number of rotatable bonds is 28. The second-order valence-electron chi connectivity index (χ2n) is 10.7. The highest BCUT2D eigenvalue weighted by molar-refractivity contribution is 5.66. The van der Waals surface area contributed by atoms with Gasteiger partial charge in [0.2, 0.25) is 0 Å². The average molecular weight is 609 g/mol. The molecule has 4 nitrogen and oxygen atoms in total. The number of carbonyl (C=O) groups is 2. The van der Waals surface area contributed by atoms with E-state index in [1.54, 1.807) is 0 Å². The largest absolute Gasteiger partial charge is 0.481 e. The number of allylic oxidation sites excluding steroid dienone is 16. The zero-order valence-corrected chi connectivity index (χ0v) is 28.1. The highest BCUT2D eigenvalue weighted by atomic mass is 16.4. The molecule has 0 heterocycles. The Labute approximate surface area is 270 Å². The third kappa shape index (κ3) is 45.8. The molecule has 0 saturated heterocycles. The van der Waals surface area contributed by atoms with Gasteiger partial charge in [-0.15, -0.1) is 0 Å². The molecule has 248 valence electrons. The second-order valence-corrected chi connectivity index (χ2v) is 10.7. The molecule has 0 saturated carbocycles. The number of carboxylic acid groups (broad SMARTS) is 2. The van der Waals surface area contributed by atoms with E-state index < -0.39 is 11.9 Å². The summed E-state index contributed by atoms with van der Waals surface area (Å²) < 4.78 is 0. The summed E-state index contributed by atoms with van der Waals surface area (Å²) in [7, 11) is 0. The molecular formula is C40H64O4.